The molecule has 0 aliphatic carbocycles. The van der Waals surface area contributed by atoms with Crippen molar-refractivity contribution in [1.82, 2.24) is 19.5 Å². The Balaban J connectivity index is 1.67. The first-order valence-corrected chi connectivity index (χ1v) is 11.1. The molecule has 0 radical (unpaired) electrons. The first-order valence-electron chi connectivity index (χ1n) is 10.7. The second kappa shape index (κ2) is 9.35. The van der Waals surface area contributed by atoms with Crippen LogP contribution in [0.15, 0.2) is 65.6 Å². The Morgan fingerprint density at radius 3 is 2.50 bits per heavy atom. The van der Waals surface area contributed by atoms with Crippen LogP contribution in [-0.2, 0) is 12.0 Å². The van der Waals surface area contributed by atoms with E-state index in [4.69, 9.17) is 21.3 Å². The summed E-state index contributed by atoms with van der Waals surface area (Å²) in [5.74, 6) is 0.846. The predicted octanol–water partition coefficient (Wildman–Crippen LogP) is 5.67. The van der Waals surface area contributed by atoms with Crippen molar-refractivity contribution in [1.29, 1.82) is 0 Å². The Bertz CT molecular complexity index is 1400. The molecular formula is C26H24ClFN4O2. The fourth-order valence-corrected chi connectivity index (χ4v) is 3.58. The number of benzene rings is 2. The van der Waals surface area contributed by atoms with E-state index in [1.807, 2.05) is 24.3 Å². The highest BCUT2D eigenvalue weighted by atomic mass is 35.5. The third kappa shape index (κ3) is 4.99. The summed E-state index contributed by atoms with van der Waals surface area (Å²) in [5, 5.41) is -0.129. The average molecular weight is 479 g/mol. The second-order valence-electron chi connectivity index (χ2n) is 8.90. The van der Waals surface area contributed by atoms with Gasteiger partial charge >= 0.3 is 0 Å². The molecule has 0 N–H and O–H groups in total. The molecule has 8 heteroatoms. The van der Waals surface area contributed by atoms with Crippen molar-refractivity contribution in [2.24, 2.45) is 0 Å². The fourth-order valence-electron chi connectivity index (χ4n) is 3.40. The van der Waals surface area contributed by atoms with Crippen LogP contribution in [-0.4, -0.2) is 19.5 Å². The van der Waals surface area contributed by atoms with Crippen molar-refractivity contribution in [3.05, 3.63) is 99.2 Å². The van der Waals surface area contributed by atoms with Gasteiger partial charge in [0.05, 0.1) is 11.4 Å². The molecule has 0 saturated carbocycles. The Kier molecular flexibility index (Phi) is 6.48. The normalized spacial score (nSPS) is 11.5. The van der Waals surface area contributed by atoms with Gasteiger partial charge in [-0.2, -0.15) is 4.98 Å². The molecule has 0 fully saturated rings. The van der Waals surface area contributed by atoms with E-state index in [1.165, 1.54) is 16.7 Å². The molecule has 4 rings (SSSR count). The molecule has 0 amide bonds. The molecule has 34 heavy (non-hydrogen) atoms. The summed E-state index contributed by atoms with van der Waals surface area (Å²) in [5.41, 5.74) is 2.29. The van der Waals surface area contributed by atoms with Gasteiger partial charge in [0.2, 0.25) is 5.88 Å². The van der Waals surface area contributed by atoms with E-state index in [0.717, 1.165) is 22.6 Å². The maximum atomic E-state index is 13.1. The van der Waals surface area contributed by atoms with Crippen LogP contribution >= 0.6 is 11.6 Å². The number of hydrogen-bond donors (Lipinski definition) is 0. The van der Waals surface area contributed by atoms with Crippen molar-refractivity contribution in [3.8, 4) is 22.8 Å². The molecular weight excluding hydrogens is 455 g/mol. The molecule has 2 aromatic heterocycles. The van der Waals surface area contributed by atoms with E-state index in [0.29, 0.717) is 11.5 Å². The lowest BCUT2D eigenvalue weighted by atomic mass is 9.95. The zero-order valence-corrected chi connectivity index (χ0v) is 20.1. The average Bonchev–Trinajstić information content (AvgIpc) is 2.81. The van der Waals surface area contributed by atoms with Gasteiger partial charge in [0.25, 0.3) is 5.56 Å². The summed E-state index contributed by atoms with van der Waals surface area (Å²) in [6.07, 6.45) is 1.73. The monoisotopic (exact) mass is 478 g/mol. The van der Waals surface area contributed by atoms with Crippen molar-refractivity contribution >= 4 is 11.6 Å². The van der Waals surface area contributed by atoms with Gasteiger partial charge in [-0.25, -0.2) is 14.4 Å². The van der Waals surface area contributed by atoms with Crippen LogP contribution in [0.4, 0.5) is 4.39 Å². The van der Waals surface area contributed by atoms with E-state index in [2.05, 4.69) is 30.7 Å². The predicted molar refractivity (Wildman–Crippen MR) is 130 cm³/mol. The van der Waals surface area contributed by atoms with E-state index >= 15 is 0 Å². The third-order valence-corrected chi connectivity index (χ3v) is 5.50. The molecule has 0 aliphatic heterocycles. The van der Waals surface area contributed by atoms with Gasteiger partial charge in [-0.1, -0.05) is 56.6 Å². The maximum absolute atomic E-state index is 13.1. The molecule has 0 bridgehead atoms. The maximum Gasteiger partial charge on any atom is 0.280 e. The third-order valence-electron chi connectivity index (χ3n) is 5.18. The number of nitrogens with zero attached hydrogens (tertiary/aromatic N) is 4. The largest absolute Gasteiger partial charge is 0.472 e. The summed E-state index contributed by atoms with van der Waals surface area (Å²) < 4.78 is 20.2. The minimum atomic E-state index is -0.446. The summed E-state index contributed by atoms with van der Waals surface area (Å²) in [4.78, 5) is 26.6. The van der Waals surface area contributed by atoms with E-state index in [9.17, 15) is 9.18 Å². The standard InChI is InChI=1S/C26H24ClFN4O2/c1-16-30-23(34-15-17-8-10-19(28)11-9-17)22(27)24(33)32(16)20-7-5-6-18(14-20)21-12-13-29-25(31-21)26(2,3)4/h5-14H,15H2,1-4H3. The van der Waals surface area contributed by atoms with Gasteiger partial charge in [-0.3, -0.25) is 9.36 Å². The molecule has 174 valence electrons. The lowest BCUT2D eigenvalue weighted by Gasteiger charge is -2.17. The van der Waals surface area contributed by atoms with Crippen LogP contribution in [0.5, 0.6) is 5.88 Å². The summed E-state index contributed by atoms with van der Waals surface area (Å²) in [6.45, 7) is 7.98. The van der Waals surface area contributed by atoms with Gasteiger partial charge in [0, 0.05) is 17.2 Å². The van der Waals surface area contributed by atoms with Crippen LogP contribution in [0.1, 0.15) is 38.0 Å². The molecule has 0 atom stereocenters. The Labute approximate surface area is 202 Å². The lowest BCUT2D eigenvalue weighted by molar-refractivity contribution is 0.291. The molecule has 0 unspecified atom stereocenters. The zero-order chi connectivity index (χ0) is 24.5. The van der Waals surface area contributed by atoms with Gasteiger partial charge < -0.3 is 4.74 Å². The fraction of sp³-hybridized carbons (Fsp3) is 0.231. The highest BCUT2D eigenvalue weighted by molar-refractivity contribution is 6.31. The second-order valence-corrected chi connectivity index (χ2v) is 9.28. The molecule has 0 spiro atoms. The van der Waals surface area contributed by atoms with Crippen molar-refractivity contribution in [2.45, 2.75) is 39.7 Å². The lowest BCUT2D eigenvalue weighted by Crippen LogP contribution is -2.23. The van der Waals surface area contributed by atoms with Crippen LogP contribution < -0.4 is 10.3 Å². The summed E-state index contributed by atoms with van der Waals surface area (Å²) in [6, 6.07) is 15.2. The highest BCUT2D eigenvalue weighted by Crippen LogP contribution is 2.25. The van der Waals surface area contributed by atoms with E-state index in [-0.39, 0.29) is 28.7 Å². The van der Waals surface area contributed by atoms with Crippen LogP contribution in [0.25, 0.3) is 16.9 Å². The van der Waals surface area contributed by atoms with Crippen LogP contribution in [0.3, 0.4) is 0 Å². The minimum absolute atomic E-state index is 0.0338. The van der Waals surface area contributed by atoms with Gasteiger partial charge in [-0.15, -0.1) is 0 Å². The Morgan fingerprint density at radius 1 is 1.06 bits per heavy atom. The van der Waals surface area contributed by atoms with E-state index in [1.54, 1.807) is 31.3 Å². The number of rotatable bonds is 5. The molecule has 2 aromatic carbocycles. The smallest absolute Gasteiger partial charge is 0.280 e. The number of aromatic nitrogens is 4. The molecule has 2 heterocycles. The first kappa shape index (κ1) is 23.6. The first-order chi connectivity index (χ1) is 16.1. The molecule has 0 aliphatic rings. The van der Waals surface area contributed by atoms with Gasteiger partial charge in [0.1, 0.15) is 24.1 Å². The zero-order valence-electron chi connectivity index (χ0n) is 19.3. The highest BCUT2D eigenvalue weighted by Gasteiger charge is 2.19. The van der Waals surface area contributed by atoms with E-state index < -0.39 is 5.56 Å². The minimum Gasteiger partial charge on any atom is -0.472 e. The number of hydrogen-bond acceptors (Lipinski definition) is 5. The summed E-state index contributed by atoms with van der Waals surface area (Å²) >= 11 is 6.34. The number of aryl methyl sites for hydroxylation is 1. The van der Waals surface area contributed by atoms with Gasteiger partial charge in [0.15, 0.2) is 5.02 Å². The van der Waals surface area contributed by atoms with Crippen LogP contribution in [0.2, 0.25) is 5.02 Å². The Morgan fingerprint density at radius 2 is 1.79 bits per heavy atom. The molecule has 4 aromatic rings. The molecule has 6 nitrogen and oxygen atoms in total. The van der Waals surface area contributed by atoms with Crippen molar-refractivity contribution in [2.75, 3.05) is 0 Å². The topological polar surface area (TPSA) is 69.9 Å². The number of ether oxygens (including phenoxy) is 1. The SMILES string of the molecule is Cc1nc(OCc2ccc(F)cc2)c(Cl)c(=O)n1-c1cccc(-c2ccnc(C(C)(C)C)n2)c1. The van der Waals surface area contributed by atoms with Crippen LogP contribution in [0, 0.1) is 12.7 Å². The van der Waals surface area contributed by atoms with Crippen molar-refractivity contribution < 1.29 is 9.13 Å². The summed E-state index contributed by atoms with van der Waals surface area (Å²) in [7, 11) is 0. The quantitative estimate of drug-likeness (QED) is 0.370. The number of halogens is 2. The Hall–Kier alpha value is -3.58. The van der Waals surface area contributed by atoms with Gasteiger partial charge in [-0.05, 0) is 42.8 Å². The molecule has 0 saturated heterocycles. The van der Waals surface area contributed by atoms with Crippen molar-refractivity contribution in [3.63, 3.8) is 0 Å².